The maximum atomic E-state index is 13.5. The fraction of sp³-hybridized carbons (Fsp3) is 0.259. The molecule has 1 fully saturated rings. The van der Waals surface area contributed by atoms with Crippen LogP contribution in [0, 0.1) is 18.3 Å². The van der Waals surface area contributed by atoms with E-state index in [1.807, 2.05) is 72.8 Å². The zero-order valence-electron chi connectivity index (χ0n) is 19.6. The SMILES string of the molecule is CCc1c(C)c(C#N)c2nc3ccccc3n2c1N1CC[C@H](NC(=O)OCc2ccccc2)C1=O. The Balaban J connectivity index is 1.48. The van der Waals surface area contributed by atoms with E-state index in [-0.39, 0.29) is 12.5 Å². The van der Waals surface area contributed by atoms with Crippen molar-refractivity contribution in [1.82, 2.24) is 14.7 Å². The molecule has 0 bridgehead atoms. The standard InChI is InChI=1S/C27H25N5O3/c1-3-19-17(2)20(15-28)24-29-21-11-7-8-12-23(21)32(24)25(19)31-14-13-22(26(31)33)30-27(34)35-16-18-9-5-4-6-10-18/h4-12,22H,3,13-14,16H2,1-2H3,(H,30,34)/t22-/m0/s1. The summed E-state index contributed by atoms with van der Waals surface area (Å²) in [5.74, 6) is 0.499. The van der Waals surface area contributed by atoms with Crippen molar-refractivity contribution in [1.29, 1.82) is 5.26 Å². The van der Waals surface area contributed by atoms with Gasteiger partial charge in [0, 0.05) is 6.54 Å². The number of fused-ring (bicyclic) bond motifs is 3. The molecular weight excluding hydrogens is 442 g/mol. The van der Waals surface area contributed by atoms with Crippen LogP contribution in [-0.4, -0.2) is 34.0 Å². The maximum Gasteiger partial charge on any atom is 0.408 e. The molecular formula is C27H25N5O3. The first-order valence-corrected chi connectivity index (χ1v) is 11.6. The highest BCUT2D eigenvalue weighted by molar-refractivity contribution is 6.02. The number of ether oxygens (including phenoxy) is 1. The van der Waals surface area contributed by atoms with Gasteiger partial charge in [-0.3, -0.25) is 14.1 Å². The van der Waals surface area contributed by atoms with Crippen LogP contribution in [-0.2, 0) is 22.6 Å². The second kappa shape index (κ2) is 9.11. The predicted octanol–water partition coefficient (Wildman–Crippen LogP) is 4.26. The Kier molecular flexibility index (Phi) is 5.83. The summed E-state index contributed by atoms with van der Waals surface area (Å²) in [6, 6.07) is 18.6. The zero-order valence-corrected chi connectivity index (χ0v) is 19.6. The fourth-order valence-electron chi connectivity index (χ4n) is 4.80. The van der Waals surface area contributed by atoms with E-state index in [0.29, 0.717) is 36.4 Å². The van der Waals surface area contributed by atoms with Crippen molar-refractivity contribution in [3.8, 4) is 6.07 Å². The first-order chi connectivity index (χ1) is 17.0. The summed E-state index contributed by atoms with van der Waals surface area (Å²) in [5, 5.41) is 12.6. The summed E-state index contributed by atoms with van der Waals surface area (Å²) in [5.41, 5.74) is 5.23. The Hall–Kier alpha value is -4.38. The van der Waals surface area contributed by atoms with Crippen LogP contribution in [0.5, 0.6) is 0 Å². The molecule has 1 aliphatic rings. The molecule has 0 spiro atoms. The third kappa shape index (κ3) is 3.85. The van der Waals surface area contributed by atoms with Crippen LogP contribution in [0.2, 0.25) is 0 Å². The first-order valence-electron chi connectivity index (χ1n) is 11.6. The van der Waals surface area contributed by atoms with Crippen molar-refractivity contribution >= 4 is 34.5 Å². The quantitative estimate of drug-likeness (QED) is 0.473. The number of para-hydroxylation sites is 2. The normalized spacial score (nSPS) is 15.5. The number of alkyl carbamates (subject to hydrolysis) is 1. The summed E-state index contributed by atoms with van der Waals surface area (Å²) in [7, 11) is 0. The number of rotatable bonds is 5. The molecule has 1 aliphatic heterocycles. The van der Waals surface area contributed by atoms with E-state index in [2.05, 4.69) is 11.4 Å². The van der Waals surface area contributed by atoms with E-state index in [9.17, 15) is 14.9 Å². The fourth-order valence-corrected chi connectivity index (χ4v) is 4.80. The molecule has 1 atom stereocenters. The predicted molar refractivity (Wildman–Crippen MR) is 132 cm³/mol. The van der Waals surface area contributed by atoms with Crippen molar-refractivity contribution < 1.29 is 14.3 Å². The van der Waals surface area contributed by atoms with Crippen LogP contribution in [0.3, 0.4) is 0 Å². The molecule has 2 aromatic heterocycles. The molecule has 1 saturated heterocycles. The molecule has 35 heavy (non-hydrogen) atoms. The summed E-state index contributed by atoms with van der Waals surface area (Å²) < 4.78 is 7.23. The molecule has 0 unspecified atom stereocenters. The first kappa shape index (κ1) is 22.4. The highest BCUT2D eigenvalue weighted by Crippen LogP contribution is 2.35. The average molecular weight is 468 g/mol. The minimum absolute atomic E-state index is 0.133. The molecule has 0 radical (unpaired) electrons. The lowest BCUT2D eigenvalue weighted by atomic mass is 10.0. The highest BCUT2D eigenvalue weighted by atomic mass is 16.5. The number of nitriles is 1. The second-order valence-corrected chi connectivity index (χ2v) is 8.56. The summed E-state index contributed by atoms with van der Waals surface area (Å²) in [6.45, 7) is 4.47. The Morgan fingerprint density at radius 3 is 2.69 bits per heavy atom. The smallest absolute Gasteiger partial charge is 0.408 e. The molecule has 4 aromatic rings. The number of anilines is 1. The minimum atomic E-state index is -0.691. The molecule has 1 N–H and O–H groups in total. The van der Waals surface area contributed by atoms with Gasteiger partial charge in [-0.15, -0.1) is 0 Å². The van der Waals surface area contributed by atoms with E-state index in [0.717, 1.165) is 27.7 Å². The molecule has 3 heterocycles. The van der Waals surface area contributed by atoms with Gasteiger partial charge in [0.1, 0.15) is 24.5 Å². The number of carbonyl (C=O) groups is 2. The molecule has 2 aromatic carbocycles. The second-order valence-electron chi connectivity index (χ2n) is 8.56. The molecule has 0 saturated carbocycles. The Labute approximate surface area is 202 Å². The lowest BCUT2D eigenvalue weighted by Crippen LogP contribution is -2.42. The van der Waals surface area contributed by atoms with E-state index >= 15 is 0 Å². The molecule has 8 nitrogen and oxygen atoms in total. The topological polar surface area (TPSA) is 99.7 Å². The van der Waals surface area contributed by atoms with Gasteiger partial charge >= 0.3 is 6.09 Å². The zero-order chi connectivity index (χ0) is 24.5. The molecule has 5 rings (SSSR count). The van der Waals surface area contributed by atoms with Gasteiger partial charge in [0.2, 0.25) is 0 Å². The number of amides is 2. The number of carbonyl (C=O) groups excluding carboxylic acids is 2. The molecule has 176 valence electrons. The number of nitrogens with one attached hydrogen (secondary N) is 1. The van der Waals surface area contributed by atoms with Crippen molar-refractivity contribution in [3.05, 3.63) is 76.9 Å². The van der Waals surface area contributed by atoms with Crippen molar-refractivity contribution in [2.75, 3.05) is 11.4 Å². The van der Waals surface area contributed by atoms with Crippen LogP contribution in [0.1, 0.15) is 35.6 Å². The van der Waals surface area contributed by atoms with Crippen LogP contribution >= 0.6 is 0 Å². The van der Waals surface area contributed by atoms with Gasteiger partial charge in [0.05, 0.1) is 16.6 Å². The number of hydrogen-bond donors (Lipinski definition) is 1. The van der Waals surface area contributed by atoms with Crippen LogP contribution < -0.4 is 10.2 Å². The van der Waals surface area contributed by atoms with Gasteiger partial charge in [0.15, 0.2) is 5.65 Å². The van der Waals surface area contributed by atoms with Gasteiger partial charge in [-0.2, -0.15) is 5.26 Å². The van der Waals surface area contributed by atoms with Gasteiger partial charge in [-0.05, 0) is 48.6 Å². The summed E-state index contributed by atoms with van der Waals surface area (Å²) in [6.07, 6.45) is 0.466. The summed E-state index contributed by atoms with van der Waals surface area (Å²) in [4.78, 5) is 32.3. The monoisotopic (exact) mass is 467 g/mol. The molecule has 0 aliphatic carbocycles. The largest absolute Gasteiger partial charge is 0.445 e. The number of nitrogens with zero attached hydrogens (tertiary/aromatic N) is 4. The number of aromatic nitrogens is 2. The number of benzene rings is 2. The Bertz CT molecular complexity index is 1490. The number of pyridine rings is 1. The lowest BCUT2D eigenvalue weighted by molar-refractivity contribution is -0.118. The minimum Gasteiger partial charge on any atom is -0.445 e. The Morgan fingerprint density at radius 2 is 1.94 bits per heavy atom. The Morgan fingerprint density at radius 1 is 1.20 bits per heavy atom. The van der Waals surface area contributed by atoms with Crippen molar-refractivity contribution in [2.24, 2.45) is 0 Å². The molecule has 8 heteroatoms. The maximum absolute atomic E-state index is 13.5. The third-order valence-corrected chi connectivity index (χ3v) is 6.53. The van der Waals surface area contributed by atoms with Crippen molar-refractivity contribution in [2.45, 2.75) is 39.3 Å². The number of hydrogen-bond acceptors (Lipinski definition) is 5. The third-order valence-electron chi connectivity index (χ3n) is 6.53. The highest BCUT2D eigenvalue weighted by Gasteiger charge is 2.37. The van der Waals surface area contributed by atoms with E-state index in [4.69, 9.17) is 9.72 Å². The van der Waals surface area contributed by atoms with Crippen molar-refractivity contribution in [3.63, 3.8) is 0 Å². The van der Waals surface area contributed by atoms with Gasteiger partial charge in [0.25, 0.3) is 5.91 Å². The van der Waals surface area contributed by atoms with Crippen LogP contribution in [0.25, 0.3) is 16.7 Å². The lowest BCUT2D eigenvalue weighted by Gasteiger charge is -2.24. The van der Waals surface area contributed by atoms with Crippen LogP contribution in [0.15, 0.2) is 54.6 Å². The van der Waals surface area contributed by atoms with Gasteiger partial charge < -0.3 is 10.1 Å². The number of imidazole rings is 1. The summed E-state index contributed by atoms with van der Waals surface area (Å²) >= 11 is 0. The van der Waals surface area contributed by atoms with E-state index < -0.39 is 12.1 Å². The average Bonchev–Trinajstić information content (AvgIpc) is 3.43. The van der Waals surface area contributed by atoms with Gasteiger partial charge in [-0.1, -0.05) is 49.4 Å². The van der Waals surface area contributed by atoms with Gasteiger partial charge in [-0.25, -0.2) is 9.78 Å². The molecule has 2 amide bonds. The van der Waals surface area contributed by atoms with Crippen LogP contribution in [0.4, 0.5) is 10.6 Å². The van der Waals surface area contributed by atoms with E-state index in [1.165, 1.54) is 0 Å². The van der Waals surface area contributed by atoms with E-state index in [1.54, 1.807) is 4.90 Å².